The summed E-state index contributed by atoms with van der Waals surface area (Å²) in [6, 6.07) is 5.71. The van der Waals surface area contributed by atoms with E-state index in [1.54, 1.807) is 14.2 Å². The number of carbonyl (C=O) groups excluding carboxylic acids is 2. The molecule has 156 valence electrons. The Morgan fingerprint density at radius 3 is 2.55 bits per heavy atom. The zero-order valence-corrected chi connectivity index (χ0v) is 18.0. The third kappa shape index (κ3) is 3.94. The molecule has 0 spiro atoms. The second-order valence-corrected chi connectivity index (χ2v) is 8.43. The van der Waals surface area contributed by atoms with E-state index in [0.717, 1.165) is 28.9 Å². The van der Waals surface area contributed by atoms with E-state index in [1.165, 1.54) is 7.11 Å². The number of hydrogen-bond acceptors (Lipinski definition) is 6. The van der Waals surface area contributed by atoms with E-state index in [-0.39, 0.29) is 11.2 Å². The van der Waals surface area contributed by atoms with Gasteiger partial charge in [-0.25, -0.2) is 4.79 Å². The van der Waals surface area contributed by atoms with Crippen molar-refractivity contribution in [3.63, 3.8) is 0 Å². The molecule has 1 aliphatic carbocycles. The van der Waals surface area contributed by atoms with Gasteiger partial charge in [0.15, 0.2) is 5.78 Å². The number of benzene rings is 1. The van der Waals surface area contributed by atoms with Crippen LogP contribution in [0.15, 0.2) is 40.7 Å². The quantitative estimate of drug-likeness (QED) is 0.763. The SMILES string of the molecule is COCc1cc([C@H]2C(C(=O)OC)=C(C)NC3=C2C(=O)CC(C)(C)C3)ccc1OC. The highest BCUT2D eigenvalue weighted by atomic mass is 16.5. The van der Waals surface area contributed by atoms with Crippen molar-refractivity contribution in [1.82, 2.24) is 5.32 Å². The summed E-state index contributed by atoms with van der Waals surface area (Å²) in [6.45, 7) is 6.40. The number of ether oxygens (including phenoxy) is 3. The van der Waals surface area contributed by atoms with Crippen LogP contribution in [0.4, 0.5) is 0 Å². The van der Waals surface area contributed by atoms with Crippen molar-refractivity contribution in [2.24, 2.45) is 5.41 Å². The molecule has 3 rings (SSSR count). The number of ketones is 1. The molecule has 6 heteroatoms. The average molecular weight is 399 g/mol. The van der Waals surface area contributed by atoms with E-state index in [1.807, 2.05) is 25.1 Å². The van der Waals surface area contributed by atoms with Gasteiger partial charge < -0.3 is 19.5 Å². The summed E-state index contributed by atoms with van der Waals surface area (Å²) in [5, 5.41) is 3.32. The zero-order valence-electron chi connectivity index (χ0n) is 18.0. The van der Waals surface area contributed by atoms with Gasteiger partial charge >= 0.3 is 5.97 Å². The van der Waals surface area contributed by atoms with Crippen LogP contribution in [-0.2, 0) is 25.7 Å². The summed E-state index contributed by atoms with van der Waals surface area (Å²) in [7, 11) is 4.59. The Hall–Kier alpha value is -2.60. The monoisotopic (exact) mass is 399 g/mol. The van der Waals surface area contributed by atoms with Crippen LogP contribution in [0.25, 0.3) is 0 Å². The standard InChI is InChI=1S/C23H29NO5/c1-13-19(22(26)29-6)20(14-7-8-18(28-5)15(9-14)12-27-4)21-16(24-13)10-23(2,3)11-17(21)25/h7-9,20,24H,10-12H2,1-6H3/t20-/m0/s1. The van der Waals surface area contributed by atoms with Gasteiger partial charge in [-0.05, 0) is 36.5 Å². The van der Waals surface area contributed by atoms with Crippen LogP contribution in [0.1, 0.15) is 50.7 Å². The van der Waals surface area contributed by atoms with Crippen LogP contribution < -0.4 is 10.1 Å². The predicted molar refractivity (Wildman–Crippen MR) is 109 cm³/mol. The van der Waals surface area contributed by atoms with Crippen molar-refractivity contribution >= 4 is 11.8 Å². The largest absolute Gasteiger partial charge is 0.496 e. The number of dihydropyridines is 1. The molecule has 0 bridgehead atoms. The van der Waals surface area contributed by atoms with E-state index in [9.17, 15) is 9.59 Å². The Labute approximate surface area is 171 Å². The van der Waals surface area contributed by atoms with E-state index in [4.69, 9.17) is 14.2 Å². The zero-order chi connectivity index (χ0) is 21.3. The normalized spacial score (nSPS) is 20.9. The molecule has 1 aliphatic heterocycles. The van der Waals surface area contributed by atoms with Crippen molar-refractivity contribution < 1.29 is 23.8 Å². The van der Waals surface area contributed by atoms with E-state index < -0.39 is 11.9 Å². The molecule has 6 nitrogen and oxygen atoms in total. The number of nitrogens with one attached hydrogen (secondary N) is 1. The third-order valence-electron chi connectivity index (χ3n) is 5.58. The Morgan fingerprint density at radius 1 is 1.21 bits per heavy atom. The smallest absolute Gasteiger partial charge is 0.336 e. The highest BCUT2D eigenvalue weighted by molar-refractivity contribution is 6.04. The third-order valence-corrected chi connectivity index (χ3v) is 5.58. The molecule has 1 aromatic rings. The Kier molecular flexibility index (Phi) is 5.85. The van der Waals surface area contributed by atoms with Gasteiger partial charge in [-0.3, -0.25) is 4.79 Å². The van der Waals surface area contributed by atoms with Gasteiger partial charge in [0.1, 0.15) is 5.75 Å². The Bertz CT molecular complexity index is 910. The first-order valence-corrected chi connectivity index (χ1v) is 9.70. The molecule has 1 atom stereocenters. The first-order valence-electron chi connectivity index (χ1n) is 9.70. The van der Waals surface area contributed by atoms with Gasteiger partial charge in [0.2, 0.25) is 0 Å². The van der Waals surface area contributed by atoms with E-state index >= 15 is 0 Å². The van der Waals surface area contributed by atoms with Crippen LogP contribution in [0, 0.1) is 5.41 Å². The van der Waals surface area contributed by atoms with Crippen LogP contribution >= 0.6 is 0 Å². The topological polar surface area (TPSA) is 73.9 Å². The average Bonchev–Trinajstić information content (AvgIpc) is 2.65. The lowest BCUT2D eigenvalue weighted by Gasteiger charge is -2.39. The molecule has 29 heavy (non-hydrogen) atoms. The minimum absolute atomic E-state index is 0.0618. The van der Waals surface area contributed by atoms with E-state index in [2.05, 4.69) is 19.2 Å². The van der Waals surface area contributed by atoms with Crippen molar-refractivity contribution in [3.05, 3.63) is 51.9 Å². The van der Waals surface area contributed by atoms with Crippen molar-refractivity contribution in [2.45, 2.75) is 46.1 Å². The number of carbonyl (C=O) groups is 2. The first-order chi connectivity index (χ1) is 13.7. The van der Waals surface area contributed by atoms with Gasteiger partial charge in [-0.2, -0.15) is 0 Å². The molecule has 0 saturated carbocycles. The van der Waals surface area contributed by atoms with Gasteiger partial charge in [-0.1, -0.05) is 19.9 Å². The molecular formula is C23H29NO5. The molecule has 1 N–H and O–H groups in total. The predicted octanol–water partition coefficient (Wildman–Crippen LogP) is 3.62. The summed E-state index contributed by atoms with van der Waals surface area (Å²) in [5.41, 5.74) is 4.31. The van der Waals surface area contributed by atoms with Crippen LogP contribution in [-0.4, -0.2) is 33.1 Å². The number of Topliss-reactive ketones (excluding diaryl/α,β-unsaturated/α-hetero) is 1. The molecule has 1 aromatic carbocycles. The fourth-order valence-corrected chi connectivity index (χ4v) is 4.40. The number of methoxy groups -OCH3 is 3. The first kappa shape index (κ1) is 21.1. The highest BCUT2D eigenvalue weighted by Crippen LogP contribution is 2.47. The van der Waals surface area contributed by atoms with Crippen LogP contribution in [0.5, 0.6) is 5.75 Å². The van der Waals surface area contributed by atoms with Gasteiger partial charge in [-0.15, -0.1) is 0 Å². The van der Waals surface area contributed by atoms with Gasteiger partial charge in [0.05, 0.1) is 26.4 Å². The van der Waals surface area contributed by atoms with E-state index in [0.29, 0.717) is 29.9 Å². The summed E-state index contributed by atoms with van der Waals surface area (Å²) in [5.74, 6) is -0.154. The fourth-order valence-electron chi connectivity index (χ4n) is 4.40. The van der Waals surface area contributed by atoms with Gasteiger partial charge in [0.25, 0.3) is 0 Å². The van der Waals surface area contributed by atoms with Crippen molar-refractivity contribution in [2.75, 3.05) is 21.3 Å². The molecule has 0 unspecified atom stereocenters. The number of hydrogen-bond donors (Lipinski definition) is 1. The molecule has 0 fully saturated rings. The molecule has 0 radical (unpaired) electrons. The van der Waals surface area contributed by atoms with Gasteiger partial charge in [0, 0.05) is 42.0 Å². The second-order valence-electron chi connectivity index (χ2n) is 8.43. The molecule has 1 heterocycles. The van der Waals surface area contributed by atoms with Crippen LogP contribution in [0.3, 0.4) is 0 Å². The maximum Gasteiger partial charge on any atom is 0.336 e. The molecule has 2 aliphatic rings. The molecule has 0 amide bonds. The maximum atomic E-state index is 13.2. The molecule has 0 aromatic heterocycles. The fraction of sp³-hybridized carbons (Fsp3) is 0.478. The van der Waals surface area contributed by atoms with Crippen LogP contribution in [0.2, 0.25) is 0 Å². The number of allylic oxidation sites excluding steroid dienone is 3. The summed E-state index contributed by atoms with van der Waals surface area (Å²) in [4.78, 5) is 25.9. The summed E-state index contributed by atoms with van der Waals surface area (Å²) < 4.78 is 15.8. The lowest BCUT2D eigenvalue weighted by atomic mass is 9.68. The second kappa shape index (κ2) is 8.03. The molecule has 0 saturated heterocycles. The number of esters is 1. The van der Waals surface area contributed by atoms with Crippen molar-refractivity contribution in [3.8, 4) is 5.75 Å². The lowest BCUT2D eigenvalue weighted by Crippen LogP contribution is -2.38. The highest BCUT2D eigenvalue weighted by Gasteiger charge is 2.43. The number of rotatable bonds is 5. The Balaban J connectivity index is 2.21. The molecular weight excluding hydrogens is 370 g/mol. The maximum absolute atomic E-state index is 13.2. The minimum atomic E-state index is -0.483. The minimum Gasteiger partial charge on any atom is -0.496 e. The lowest BCUT2D eigenvalue weighted by molar-refractivity contribution is -0.136. The van der Waals surface area contributed by atoms with Crippen molar-refractivity contribution in [1.29, 1.82) is 0 Å². The Morgan fingerprint density at radius 2 is 1.93 bits per heavy atom. The summed E-state index contributed by atoms with van der Waals surface area (Å²) in [6.07, 6.45) is 1.19. The summed E-state index contributed by atoms with van der Waals surface area (Å²) >= 11 is 0.